The van der Waals surface area contributed by atoms with Crippen LogP contribution in [0.5, 0.6) is 0 Å². The lowest BCUT2D eigenvalue weighted by molar-refractivity contribution is 0.0698. The number of aromatic carboxylic acids is 1. The van der Waals surface area contributed by atoms with Crippen LogP contribution in [-0.4, -0.2) is 19.5 Å². The van der Waals surface area contributed by atoms with E-state index in [1.54, 1.807) is 6.07 Å². The van der Waals surface area contributed by atoms with E-state index in [9.17, 15) is 13.2 Å². The Bertz CT molecular complexity index is 820. The molecule has 5 nitrogen and oxygen atoms in total. The van der Waals surface area contributed by atoms with Gasteiger partial charge in [0.05, 0.1) is 19.5 Å². The Morgan fingerprint density at radius 1 is 1.19 bits per heavy atom. The van der Waals surface area contributed by atoms with E-state index in [-0.39, 0.29) is 19.9 Å². The molecule has 21 heavy (non-hydrogen) atoms. The van der Waals surface area contributed by atoms with E-state index in [2.05, 4.69) is 20.7 Å². The Hall–Kier alpha value is -0.800. The van der Waals surface area contributed by atoms with Gasteiger partial charge in [-0.05, 0) is 40.2 Å². The Morgan fingerprint density at radius 3 is 2.33 bits per heavy atom. The van der Waals surface area contributed by atoms with Crippen molar-refractivity contribution in [1.82, 2.24) is 0 Å². The normalized spacial score (nSPS) is 11.4. The average Bonchev–Trinajstić information content (AvgIpc) is 2.81. The molecule has 0 aliphatic heterocycles. The third-order valence-corrected chi connectivity index (χ3v) is 6.46. The van der Waals surface area contributed by atoms with Crippen LogP contribution in [-0.2, 0) is 10.0 Å². The van der Waals surface area contributed by atoms with Crippen LogP contribution < -0.4 is 4.72 Å². The topological polar surface area (TPSA) is 83.5 Å². The highest BCUT2D eigenvalue weighted by Crippen LogP contribution is 2.35. The summed E-state index contributed by atoms with van der Waals surface area (Å²) < 4.78 is 27.3. The highest BCUT2D eigenvalue weighted by Gasteiger charge is 2.24. The predicted octanol–water partition coefficient (Wildman–Crippen LogP) is 4.32. The number of carboxylic acids is 1. The standard InChI is InChI=1S/C11H6BrCl2NO4S2/c12-7-3-4-8(20-7)21(18,19)15-10-6(14)2-1-5(13)9(10)11(16)17/h1-4,15H,(H,16,17). The van der Waals surface area contributed by atoms with Crippen LogP contribution in [0.15, 0.2) is 32.3 Å². The summed E-state index contributed by atoms with van der Waals surface area (Å²) in [6, 6.07) is 5.55. The van der Waals surface area contributed by atoms with Gasteiger partial charge in [0.1, 0.15) is 9.77 Å². The fourth-order valence-electron chi connectivity index (χ4n) is 1.49. The molecule has 0 spiro atoms. The minimum atomic E-state index is -3.96. The van der Waals surface area contributed by atoms with E-state index in [0.29, 0.717) is 3.79 Å². The zero-order valence-electron chi connectivity index (χ0n) is 9.93. The minimum Gasteiger partial charge on any atom is -0.478 e. The van der Waals surface area contributed by atoms with E-state index < -0.39 is 21.6 Å². The molecule has 0 fully saturated rings. The van der Waals surface area contributed by atoms with E-state index in [0.717, 1.165) is 11.3 Å². The molecule has 0 saturated heterocycles. The van der Waals surface area contributed by atoms with Crippen LogP contribution >= 0.6 is 50.5 Å². The van der Waals surface area contributed by atoms with Gasteiger partial charge in [0.25, 0.3) is 10.0 Å². The Morgan fingerprint density at radius 2 is 1.81 bits per heavy atom. The lowest BCUT2D eigenvalue weighted by Crippen LogP contribution is -2.15. The first-order valence-corrected chi connectivity index (χ1v) is 9.06. The Kier molecular flexibility index (Phi) is 4.84. The number of hydrogen-bond donors (Lipinski definition) is 2. The van der Waals surface area contributed by atoms with E-state index in [4.69, 9.17) is 28.3 Å². The summed E-state index contributed by atoms with van der Waals surface area (Å²) in [4.78, 5) is 11.2. The summed E-state index contributed by atoms with van der Waals surface area (Å²) in [7, 11) is -3.96. The first kappa shape index (κ1) is 16.6. The van der Waals surface area contributed by atoms with Crippen LogP contribution in [0.25, 0.3) is 0 Å². The van der Waals surface area contributed by atoms with Gasteiger partial charge in [-0.3, -0.25) is 4.72 Å². The third kappa shape index (κ3) is 3.51. The van der Waals surface area contributed by atoms with E-state index in [1.807, 2.05) is 0 Å². The number of sulfonamides is 1. The zero-order chi connectivity index (χ0) is 15.8. The van der Waals surface area contributed by atoms with Crippen molar-refractivity contribution in [1.29, 1.82) is 0 Å². The van der Waals surface area contributed by atoms with Crippen molar-refractivity contribution < 1.29 is 18.3 Å². The summed E-state index contributed by atoms with van der Waals surface area (Å²) >= 11 is 15.8. The monoisotopic (exact) mass is 429 g/mol. The molecule has 1 heterocycles. The fraction of sp³-hybridized carbons (Fsp3) is 0. The van der Waals surface area contributed by atoms with Crippen molar-refractivity contribution in [3.63, 3.8) is 0 Å². The second-order valence-corrected chi connectivity index (χ2v) is 8.94. The van der Waals surface area contributed by atoms with Gasteiger partial charge in [-0.25, -0.2) is 13.2 Å². The second kappa shape index (κ2) is 6.13. The molecule has 0 bridgehead atoms. The Balaban J connectivity index is 2.54. The summed E-state index contributed by atoms with van der Waals surface area (Å²) in [5, 5.41) is 8.99. The molecule has 0 aliphatic rings. The quantitative estimate of drug-likeness (QED) is 0.756. The zero-order valence-corrected chi connectivity index (χ0v) is 14.7. The van der Waals surface area contributed by atoms with Crippen LogP contribution in [0.1, 0.15) is 10.4 Å². The first-order valence-electron chi connectivity index (χ1n) is 5.22. The van der Waals surface area contributed by atoms with Crippen molar-refractivity contribution in [3.05, 3.63) is 43.7 Å². The number of benzene rings is 1. The second-order valence-electron chi connectivity index (χ2n) is 3.75. The molecule has 0 radical (unpaired) electrons. The Labute approximate surface area is 142 Å². The highest BCUT2D eigenvalue weighted by atomic mass is 79.9. The third-order valence-electron chi connectivity index (χ3n) is 2.37. The highest BCUT2D eigenvalue weighted by molar-refractivity contribution is 9.11. The number of rotatable bonds is 4. The minimum absolute atomic E-state index is 0.0155. The number of nitrogens with one attached hydrogen (secondary N) is 1. The van der Waals surface area contributed by atoms with Gasteiger partial charge >= 0.3 is 5.97 Å². The molecule has 0 unspecified atom stereocenters. The molecule has 112 valence electrons. The summed E-state index contributed by atoms with van der Waals surface area (Å²) in [5.74, 6) is -1.38. The molecule has 0 atom stereocenters. The average molecular weight is 431 g/mol. The summed E-state index contributed by atoms with van der Waals surface area (Å²) in [5.41, 5.74) is -0.662. The number of halogens is 3. The smallest absolute Gasteiger partial charge is 0.339 e. The maximum absolute atomic E-state index is 12.2. The molecule has 2 aromatic rings. The lowest BCUT2D eigenvalue weighted by atomic mass is 10.2. The molecule has 0 saturated carbocycles. The maximum atomic E-state index is 12.2. The predicted molar refractivity (Wildman–Crippen MR) is 86.2 cm³/mol. The van der Waals surface area contributed by atoms with Crippen molar-refractivity contribution in [3.8, 4) is 0 Å². The van der Waals surface area contributed by atoms with E-state index >= 15 is 0 Å². The van der Waals surface area contributed by atoms with Crippen LogP contribution in [0.4, 0.5) is 5.69 Å². The maximum Gasteiger partial charge on any atom is 0.339 e. The largest absolute Gasteiger partial charge is 0.478 e. The van der Waals surface area contributed by atoms with Crippen molar-refractivity contribution >= 4 is 72.1 Å². The van der Waals surface area contributed by atoms with Gasteiger partial charge in [-0.1, -0.05) is 23.2 Å². The van der Waals surface area contributed by atoms with E-state index in [1.165, 1.54) is 18.2 Å². The number of thiophene rings is 1. The molecule has 0 aliphatic carbocycles. The van der Waals surface area contributed by atoms with Crippen LogP contribution in [0.2, 0.25) is 10.0 Å². The molecule has 2 N–H and O–H groups in total. The summed E-state index contributed by atoms with van der Waals surface area (Å²) in [6.45, 7) is 0. The number of carboxylic acid groups (broad SMARTS) is 1. The molecule has 0 amide bonds. The van der Waals surface area contributed by atoms with Gasteiger partial charge < -0.3 is 5.11 Å². The molecule has 1 aromatic heterocycles. The SMILES string of the molecule is O=C(O)c1c(Cl)ccc(Cl)c1NS(=O)(=O)c1ccc(Br)s1. The molecule has 2 rings (SSSR count). The van der Waals surface area contributed by atoms with Crippen molar-refractivity contribution in [2.75, 3.05) is 4.72 Å². The van der Waals surface area contributed by atoms with Gasteiger partial charge in [-0.2, -0.15) is 0 Å². The molecular formula is C11H6BrCl2NO4S2. The van der Waals surface area contributed by atoms with Crippen molar-refractivity contribution in [2.45, 2.75) is 4.21 Å². The molecule has 1 aromatic carbocycles. The van der Waals surface area contributed by atoms with Gasteiger partial charge in [0.15, 0.2) is 0 Å². The molecule has 10 heteroatoms. The number of hydrogen-bond acceptors (Lipinski definition) is 4. The van der Waals surface area contributed by atoms with Crippen LogP contribution in [0.3, 0.4) is 0 Å². The fourth-order valence-corrected chi connectivity index (χ4v) is 5.09. The van der Waals surface area contributed by atoms with Crippen molar-refractivity contribution in [2.24, 2.45) is 0 Å². The number of carbonyl (C=O) groups is 1. The van der Waals surface area contributed by atoms with Crippen LogP contribution in [0, 0.1) is 0 Å². The van der Waals surface area contributed by atoms with Gasteiger partial charge in [0, 0.05) is 0 Å². The molecular weight excluding hydrogens is 425 g/mol. The van der Waals surface area contributed by atoms with Gasteiger partial charge in [-0.15, -0.1) is 11.3 Å². The number of anilines is 1. The lowest BCUT2D eigenvalue weighted by Gasteiger charge is -2.12. The summed E-state index contributed by atoms with van der Waals surface area (Å²) in [6.07, 6.45) is 0. The first-order chi connectivity index (χ1) is 9.72. The van der Waals surface area contributed by atoms with Gasteiger partial charge in [0.2, 0.25) is 0 Å².